The number of rotatable bonds is 2. The second kappa shape index (κ2) is 5.14. The van der Waals surface area contributed by atoms with Crippen molar-refractivity contribution in [2.45, 2.75) is 31.7 Å². The molecule has 0 saturated carbocycles. The molecule has 2 saturated heterocycles. The van der Waals surface area contributed by atoms with E-state index in [4.69, 9.17) is 5.73 Å². The second-order valence-corrected chi connectivity index (χ2v) is 5.43. The molecule has 3 rings (SSSR count). The van der Waals surface area contributed by atoms with Crippen molar-refractivity contribution in [1.82, 2.24) is 9.88 Å². The SMILES string of the molecule is Nc1ccnc(N2CCC(N3CCCCC3)C2)c1. The third kappa shape index (κ3) is 2.43. The van der Waals surface area contributed by atoms with Crippen molar-refractivity contribution in [2.24, 2.45) is 0 Å². The van der Waals surface area contributed by atoms with Gasteiger partial charge < -0.3 is 10.6 Å². The first kappa shape index (κ1) is 11.8. The number of anilines is 2. The molecule has 3 heterocycles. The van der Waals surface area contributed by atoms with E-state index in [-0.39, 0.29) is 0 Å². The Bertz CT molecular complexity index is 401. The Balaban J connectivity index is 1.64. The van der Waals surface area contributed by atoms with E-state index in [0.717, 1.165) is 24.6 Å². The number of nitrogens with zero attached hydrogens (tertiary/aromatic N) is 3. The predicted molar refractivity (Wildman–Crippen MR) is 74.7 cm³/mol. The molecule has 0 bridgehead atoms. The van der Waals surface area contributed by atoms with Gasteiger partial charge in [0.1, 0.15) is 5.82 Å². The maximum absolute atomic E-state index is 5.83. The van der Waals surface area contributed by atoms with E-state index >= 15 is 0 Å². The average molecular weight is 246 g/mol. The molecular formula is C14H22N4. The molecule has 2 N–H and O–H groups in total. The molecule has 4 nitrogen and oxygen atoms in total. The van der Waals surface area contributed by atoms with Gasteiger partial charge in [-0.2, -0.15) is 0 Å². The Morgan fingerprint density at radius 3 is 2.78 bits per heavy atom. The Kier molecular flexibility index (Phi) is 3.37. The summed E-state index contributed by atoms with van der Waals surface area (Å²) in [5, 5.41) is 0. The summed E-state index contributed by atoms with van der Waals surface area (Å²) in [5.74, 6) is 1.04. The summed E-state index contributed by atoms with van der Waals surface area (Å²) in [6.07, 6.45) is 7.21. The van der Waals surface area contributed by atoms with Gasteiger partial charge in [-0.25, -0.2) is 4.98 Å². The predicted octanol–water partition coefficient (Wildman–Crippen LogP) is 1.73. The molecule has 1 atom stereocenters. The number of piperidine rings is 1. The monoisotopic (exact) mass is 246 g/mol. The molecule has 1 unspecified atom stereocenters. The third-order valence-electron chi connectivity index (χ3n) is 4.16. The van der Waals surface area contributed by atoms with E-state index in [2.05, 4.69) is 14.8 Å². The lowest BCUT2D eigenvalue weighted by Gasteiger charge is -2.32. The molecule has 98 valence electrons. The molecule has 0 aliphatic carbocycles. The minimum Gasteiger partial charge on any atom is -0.399 e. The molecule has 0 radical (unpaired) electrons. The number of pyridine rings is 1. The van der Waals surface area contributed by atoms with Crippen molar-refractivity contribution in [3.8, 4) is 0 Å². The van der Waals surface area contributed by atoms with Gasteiger partial charge in [0.2, 0.25) is 0 Å². The van der Waals surface area contributed by atoms with Crippen LogP contribution in [0.3, 0.4) is 0 Å². The van der Waals surface area contributed by atoms with Crippen LogP contribution in [0.4, 0.5) is 11.5 Å². The fourth-order valence-corrected chi connectivity index (χ4v) is 3.14. The highest BCUT2D eigenvalue weighted by Gasteiger charge is 2.28. The largest absolute Gasteiger partial charge is 0.399 e. The molecule has 1 aromatic heterocycles. The van der Waals surface area contributed by atoms with Crippen molar-refractivity contribution in [2.75, 3.05) is 36.8 Å². The topological polar surface area (TPSA) is 45.4 Å². The maximum atomic E-state index is 5.83. The van der Waals surface area contributed by atoms with Gasteiger partial charge in [-0.3, -0.25) is 4.90 Å². The molecule has 18 heavy (non-hydrogen) atoms. The first-order valence-electron chi connectivity index (χ1n) is 7.03. The molecule has 0 spiro atoms. The molecule has 4 heteroatoms. The highest BCUT2D eigenvalue weighted by atomic mass is 15.3. The molecule has 0 aromatic carbocycles. The lowest BCUT2D eigenvalue weighted by Crippen LogP contribution is -2.40. The fraction of sp³-hybridized carbons (Fsp3) is 0.643. The van der Waals surface area contributed by atoms with Crippen LogP contribution in [0.1, 0.15) is 25.7 Å². The van der Waals surface area contributed by atoms with Crippen molar-refractivity contribution in [3.05, 3.63) is 18.3 Å². The standard InChI is InChI=1S/C14H22N4/c15-12-4-6-16-14(10-12)18-9-5-13(11-18)17-7-2-1-3-8-17/h4,6,10,13H,1-3,5,7-9,11H2,(H2,15,16). The molecule has 2 fully saturated rings. The zero-order valence-electron chi connectivity index (χ0n) is 10.9. The first-order valence-corrected chi connectivity index (χ1v) is 7.03. The Labute approximate surface area is 109 Å². The van der Waals surface area contributed by atoms with Crippen molar-refractivity contribution >= 4 is 11.5 Å². The summed E-state index contributed by atoms with van der Waals surface area (Å²) in [5.41, 5.74) is 6.63. The van der Waals surface area contributed by atoms with E-state index in [1.165, 1.54) is 38.8 Å². The second-order valence-electron chi connectivity index (χ2n) is 5.43. The average Bonchev–Trinajstić information content (AvgIpc) is 2.89. The number of nitrogens with two attached hydrogens (primary N) is 1. The van der Waals surface area contributed by atoms with Crippen LogP contribution in [0.2, 0.25) is 0 Å². The summed E-state index contributed by atoms with van der Waals surface area (Å²) in [4.78, 5) is 9.46. The first-order chi connectivity index (χ1) is 8.83. The number of aromatic nitrogens is 1. The van der Waals surface area contributed by atoms with Gasteiger partial charge in [-0.1, -0.05) is 6.42 Å². The summed E-state index contributed by atoms with van der Waals surface area (Å²) < 4.78 is 0. The zero-order valence-corrected chi connectivity index (χ0v) is 10.9. The minimum atomic E-state index is 0.716. The van der Waals surface area contributed by atoms with Crippen LogP contribution in [0, 0.1) is 0 Å². The summed E-state index contributed by atoms with van der Waals surface area (Å²) in [6.45, 7) is 4.78. The van der Waals surface area contributed by atoms with Gasteiger partial charge in [0.05, 0.1) is 0 Å². The van der Waals surface area contributed by atoms with Crippen LogP contribution in [0.25, 0.3) is 0 Å². The number of nitrogen functional groups attached to an aromatic ring is 1. The van der Waals surface area contributed by atoms with Crippen LogP contribution >= 0.6 is 0 Å². The fourth-order valence-electron chi connectivity index (χ4n) is 3.14. The van der Waals surface area contributed by atoms with Gasteiger partial charge >= 0.3 is 0 Å². The van der Waals surface area contributed by atoms with Gasteiger partial charge in [-0.05, 0) is 38.4 Å². The lowest BCUT2D eigenvalue weighted by molar-refractivity contribution is 0.175. The van der Waals surface area contributed by atoms with Crippen molar-refractivity contribution in [1.29, 1.82) is 0 Å². The third-order valence-corrected chi connectivity index (χ3v) is 4.16. The quantitative estimate of drug-likeness (QED) is 0.863. The molecule has 2 aliphatic heterocycles. The summed E-state index contributed by atoms with van der Waals surface area (Å²) in [7, 11) is 0. The molecule has 2 aliphatic rings. The van der Waals surface area contributed by atoms with Gasteiger partial charge in [0.25, 0.3) is 0 Å². The van der Waals surface area contributed by atoms with Crippen LogP contribution < -0.4 is 10.6 Å². The Morgan fingerprint density at radius 2 is 2.00 bits per heavy atom. The lowest BCUT2D eigenvalue weighted by atomic mass is 10.1. The minimum absolute atomic E-state index is 0.716. The van der Waals surface area contributed by atoms with Crippen molar-refractivity contribution in [3.63, 3.8) is 0 Å². The van der Waals surface area contributed by atoms with Gasteiger partial charge in [-0.15, -0.1) is 0 Å². The van der Waals surface area contributed by atoms with E-state index in [0.29, 0.717) is 6.04 Å². The van der Waals surface area contributed by atoms with Crippen LogP contribution in [0.5, 0.6) is 0 Å². The van der Waals surface area contributed by atoms with Crippen LogP contribution in [-0.2, 0) is 0 Å². The maximum Gasteiger partial charge on any atom is 0.130 e. The van der Waals surface area contributed by atoms with E-state index < -0.39 is 0 Å². The zero-order chi connectivity index (χ0) is 12.4. The van der Waals surface area contributed by atoms with Crippen LogP contribution in [-0.4, -0.2) is 42.1 Å². The highest BCUT2D eigenvalue weighted by molar-refractivity contribution is 5.50. The van der Waals surface area contributed by atoms with Crippen molar-refractivity contribution < 1.29 is 0 Å². The van der Waals surface area contributed by atoms with Crippen LogP contribution in [0.15, 0.2) is 18.3 Å². The molecular weight excluding hydrogens is 224 g/mol. The molecule has 0 amide bonds. The molecule has 1 aromatic rings. The number of likely N-dealkylation sites (tertiary alicyclic amines) is 1. The smallest absolute Gasteiger partial charge is 0.130 e. The number of hydrogen-bond acceptors (Lipinski definition) is 4. The Morgan fingerprint density at radius 1 is 1.17 bits per heavy atom. The van der Waals surface area contributed by atoms with Gasteiger partial charge in [0.15, 0.2) is 0 Å². The summed E-state index contributed by atoms with van der Waals surface area (Å²) >= 11 is 0. The van der Waals surface area contributed by atoms with Gasteiger partial charge in [0, 0.05) is 37.1 Å². The summed E-state index contributed by atoms with van der Waals surface area (Å²) in [6, 6.07) is 4.55. The normalized spacial score (nSPS) is 25.6. The number of hydrogen-bond donors (Lipinski definition) is 1. The van der Waals surface area contributed by atoms with E-state index in [1.807, 2.05) is 12.1 Å². The highest BCUT2D eigenvalue weighted by Crippen LogP contribution is 2.24. The van der Waals surface area contributed by atoms with E-state index in [9.17, 15) is 0 Å². The van der Waals surface area contributed by atoms with E-state index in [1.54, 1.807) is 6.20 Å². The Hall–Kier alpha value is -1.29.